The molecule has 3 rings (SSSR count). The van der Waals surface area contributed by atoms with Gasteiger partial charge in [0.05, 0.1) is 5.75 Å². The predicted molar refractivity (Wildman–Crippen MR) is 104 cm³/mol. The molecule has 1 saturated carbocycles. The van der Waals surface area contributed by atoms with Crippen molar-refractivity contribution in [2.45, 2.75) is 37.1 Å². The van der Waals surface area contributed by atoms with Crippen molar-refractivity contribution in [1.82, 2.24) is 10.2 Å². The summed E-state index contributed by atoms with van der Waals surface area (Å²) in [6, 6.07) is 5.93. The van der Waals surface area contributed by atoms with Crippen LogP contribution in [-0.4, -0.2) is 33.8 Å². The van der Waals surface area contributed by atoms with Crippen molar-refractivity contribution in [2.24, 2.45) is 0 Å². The number of carbonyl (C=O) groups is 2. The average molecular weight is 441 g/mol. The number of carbonyl (C=O) groups excluding carboxylic acids is 2. The van der Waals surface area contributed by atoms with Crippen molar-refractivity contribution in [3.05, 3.63) is 28.2 Å². The number of nitrogens with one attached hydrogen (secondary N) is 1. The second-order valence-electron chi connectivity index (χ2n) is 5.77. The largest absolute Gasteiger partial charge is 0.325 e. The van der Waals surface area contributed by atoms with Gasteiger partial charge in [-0.1, -0.05) is 39.0 Å². The van der Waals surface area contributed by atoms with Crippen LogP contribution in [0, 0.1) is 6.92 Å². The molecule has 1 aliphatic rings. The Morgan fingerprint density at radius 3 is 2.80 bits per heavy atom. The second-order valence-corrected chi connectivity index (χ2v) is 8.80. The highest BCUT2D eigenvalue weighted by Crippen LogP contribution is 2.35. The molecule has 1 fully saturated rings. The standard InChI is InChI=1S/C16H17BrN4O2S2/c1-9-7-11(3-6-13(9)17)18-14(23)8-24-16-20-19-15(25-16)21(10(2)22)12-4-5-12/h3,6-7,12H,4-5,8H2,1-2H3,(H,18,23). The maximum absolute atomic E-state index is 12.1. The van der Waals surface area contributed by atoms with Crippen LogP contribution in [0.15, 0.2) is 27.0 Å². The minimum absolute atomic E-state index is 0.0152. The first-order valence-electron chi connectivity index (χ1n) is 7.76. The molecule has 0 radical (unpaired) electrons. The summed E-state index contributed by atoms with van der Waals surface area (Å²) >= 11 is 6.11. The molecule has 0 unspecified atom stereocenters. The molecule has 0 spiro atoms. The van der Waals surface area contributed by atoms with Gasteiger partial charge in [-0.15, -0.1) is 10.2 Å². The maximum Gasteiger partial charge on any atom is 0.234 e. The van der Waals surface area contributed by atoms with E-state index in [1.165, 1.54) is 23.1 Å². The van der Waals surface area contributed by atoms with Gasteiger partial charge in [-0.05, 0) is 43.5 Å². The molecule has 9 heteroatoms. The van der Waals surface area contributed by atoms with Crippen molar-refractivity contribution in [2.75, 3.05) is 16.0 Å². The smallest absolute Gasteiger partial charge is 0.234 e. The minimum Gasteiger partial charge on any atom is -0.325 e. The van der Waals surface area contributed by atoms with Crippen LogP contribution < -0.4 is 10.2 Å². The van der Waals surface area contributed by atoms with Gasteiger partial charge in [-0.3, -0.25) is 14.5 Å². The molecule has 132 valence electrons. The fourth-order valence-electron chi connectivity index (χ4n) is 2.29. The molecular formula is C16H17BrN4O2S2. The molecule has 1 heterocycles. The predicted octanol–water partition coefficient (Wildman–Crippen LogP) is 3.86. The van der Waals surface area contributed by atoms with Gasteiger partial charge in [0.15, 0.2) is 4.34 Å². The summed E-state index contributed by atoms with van der Waals surface area (Å²) in [5.74, 6) is 0.125. The van der Waals surface area contributed by atoms with E-state index in [1.54, 1.807) is 11.8 Å². The number of halogens is 1. The Kier molecular flexibility index (Phi) is 5.75. The molecule has 1 N–H and O–H groups in total. The monoisotopic (exact) mass is 440 g/mol. The van der Waals surface area contributed by atoms with E-state index in [2.05, 4.69) is 31.4 Å². The quantitative estimate of drug-likeness (QED) is 0.545. The van der Waals surface area contributed by atoms with Crippen LogP contribution in [0.25, 0.3) is 0 Å². The lowest BCUT2D eigenvalue weighted by atomic mass is 10.2. The molecule has 1 aromatic carbocycles. The van der Waals surface area contributed by atoms with Gasteiger partial charge in [0, 0.05) is 23.1 Å². The number of rotatable bonds is 6. The highest BCUT2D eigenvalue weighted by molar-refractivity contribution is 9.10. The topological polar surface area (TPSA) is 75.2 Å². The Bertz CT molecular complexity index is 807. The van der Waals surface area contributed by atoms with Crippen molar-refractivity contribution in [3.8, 4) is 0 Å². The van der Waals surface area contributed by atoms with Crippen molar-refractivity contribution in [3.63, 3.8) is 0 Å². The van der Waals surface area contributed by atoms with Crippen LogP contribution in [0.2, 0.25) is 0 Å². The van der Waals surface area contributed by atoms with Gasteiger partial charge in [0.2, 0.25) is 16.9 Å². The number of nitrogens with zero attached hydrogens (tertiary/aromatic N) is 3. The Morgan fingerprint density at radius 2 is 2.16 bits per heavy atom. The van der Waals surface area contributed by atoms with Gasteiger partial charge >= 0.3 is 0 Å². The molecule has 1 aromatic heterocycles. The summed E-state index contributed by atoms with van der Waals surface area (Å²) in [5, 5.41) is 11.7. The van der Waals surface area contributed by atoms with Gasteiger partial charge in [-0.2, -0.15) is 0 Å². The Balaban J connectivity index is 1.55. The number of benzene rings is 1. The fraction of sp³-hybridized carbons (Fsp3) is 0.375. The fourth-order valence-corrected chi connectivity index (χ4v) is 4.29. The van der Waals surface area contributed by atoms with Crippen LogP contribution in [0.1, 0.15) is 25.3 Å². The summed E-state index contributed by atoms with van der Waals surface area (Å²) in [7, 11) is 0. The third-order valence-electron chi connectivity index (χ3n) is 3.62. The normalized spacial score (nSPS) is 13.6. The third kappa shape index (κ3) is 4.80. The summed E-state index contributed by atoms with van der Waals surface area (Å²) in [4.78, 5) is 25.5. The summed E-state index contributed by atoms with van der Waals surface area (Å²) < 4.78 is 1.69. The van der Waals surface area contributed by atoms with Crippen molar-refractivity contribution >= 4 is 61.7 Å². The molecule has 0 bridgehead atoms. The van der Waals surface area contributed by atoms with Gasteiger partial charge in [0.25, 0.3) is 0 Å². The molecule has 0 atom stereocenters. The van der Waals surface area contributed by atoms with Crippen LogP contribution in [0.4, 0.5) is 10.8 Å². The zero-order valence-electron chi connectivity index (χ0n) is 13.8. The number of hydrogen-bond donors (Lipinski definition) is 1. The van der Waals surface area contributed by atoms with Gasteiger partial charge < -0.3 is 5.32 Å². The lowest BCUT2D eigenvalue weighted by Gasteiger charge is -2.15. The zero-order chi connectivity index (χ0) is 18.0. The van der Waals surface area contributed by atoms with E-state index in [0.29, 0.717) is 9.47 Å². The van der Waals surface area contributed by atoms with E-state index >= 15 is 0 Å². The Morgan fingerprint density at radius 1 is 1.40 bits per heavy atom. The van der Waals surface area contributed by atoms with E-state index in [-0.39, 0.29) is 23.6 Å². The van der Waals surface area contributed by atoms with Crippen LogP contribution in [-0.2, 0) is 9.59 Å². The SMILES string of the molecule is CC(=O)N(c1nnc(SCC(=O)Nc2ccc(Br)c(C)c2)s1)C1CC1. The zero-order valence-corrected chi connectivity index (χ0v) is 17.0. The Hall–Kier alpha value is -1.45. The van der Waals surface area contributed by atoms with E-state index in [1.807, 2.05) is 25.1 Å². The van der Waals surface area contributed by atoms with E-state index in [0.717, 1.165) is 28.6 Å². The molecule has 2 amide bonds. The average Bonchev–Trinajstić information content (AvgIpc) is 3.27. The van der Waals surface area contributed by atoms with Crippen LogP contribution >= 0.6 is 39.0 Å². The molecule has 6 nitrogen and oxygen atoms in total. The minimum atomic E-state index is -0.103. The number of anilines is 2. The molecule has 25 heavy (non-hydrogen) atoms. The number of aryl methyl sites for hydroxylation is 1. The summed E-state index contributed by atoms with van der Waals surface area (Å²) in [5.41, 5.74) is 1.82. The number of aromatic nitrogens is 2. The van der Waals surface area contributed by atoms with Crippen molar-refractivity contribution < 1.29 is 9.59 Å². The number of amides is 2. The maximum atomic E-state index is 12.1. The van der Waals surface area contributed by atoms with Crippen LogP contribution in [0.5, 0.6) is 0 Å². The van der Waals surface area contributed by atoms with E-state index in [9.17, 15) is 9.59 Å². The number of thioether (sulfide) groups is 1. The molecule has 0 saturated heterocycles. The van der Waals surface area contributed by atoms with Crippen molar-refractivity contribution in [1.29, 1.82) is 0 Å². The summed E-state index contributed by atoms with van der Waals surface area (Å²) in [6.45, 7) is 3.51. The lowest BCUT2D eigenvalue weighted by molar-refractivity contribution is -0.116. The first-order chi connectivity index (χ1) is 11.9. The highest BCUT2D eigenvalue weighted by Gasteiger charge is 2.34. The van der Waals surface area contributed by atoms with Gasteiger partial charge in [0.1, 0.15) is 0 Å². The van der Waals surface area contributed by atoms with E-state index in [4.69, 9.17) is 0 Å². The van der Waals surface area contributed by atoms with Gasteiger partial charge in [-0.25, -0.2) is 0 Å². The molecule has 2 aromatic rings. The molecular weight excluding hydrogens is 424 g/mol. The molecule has 1 aliphatic carbocycles. The highest BCUT2D eigenvalue weighted by atomic mass is 79.9. The molecule has 0 aliphatic heterocycles. The van der Waals surface area contributed by atoms with Crippen LogP contribution in [0.3, 0.4) is 0 Å². The third-order valence-corrected chi connectivity index (χ3v) is 6.57. The Labute approximate surface area is 162 Å². The summed E-state index contributed by atoms with van der Waals surface area (Å²) in [6.07, 6.45) is 2.02. The van der Waals surface area contributed by atoms with E-state index < -0.39 is 0 Å². The first kappa shape index (κ1) is 18.3. The number of hydrogen-bond acceptors (Lipinski definition) is 6. The first-order valence-corrected chi connectivity index (χ1v) is 10.4. The lowest BCUT2D eigenvalue weighted by Crippen LogP contribution is -2.30. The second kappa shape index (κ2) is 7.84.